The third-order valence-corrected chi connectivity index (χ3v) is 9.40. The summed E-state index contributed by atoms with van der Waals surface area (Å²) in [5.41, 5.74) is -5.46. The highest BCUT2D eigenvalue weighted by Crippen LogP contribution is 2.40. The molecule has 0 bridgehead atoms. The molecule has 0 unspecified atom stereocenters. The molecule has 0 saturated carbocycles. The maximum absolute atomic E-state index is 9.63. The molecule has 4 heteroatoms. The molecule has 270 valence electrons. The number of nitrogens with zero attached hydrogens (tertiary/aromatic N) is 2. The summed E-state index contributed by atoms with van der Waals surface area (Å²) in [4.78, 5) is 8.73. The molecule has 3 heterocycles. The van der Waals surface area contributed by atoms with Gasteiger partial charge in [-0.1, -0.05) is 139 Å². The Bertz CT molecular complexity index is 5170. The van der Waals surface area contributed by atoms with E-state index in [4.69, 9.17) is 36.2 Å². The van der Waals surface area contributed by atoms with Crippen molar-refractivity contribution in [3.8, 4) is 55.8 Å². The molecule has 0 aliphatic rings. The zero-order valence-corrected chi connectivity index (χ0v) is 29.1. The van der Waals surface area contributed by atoms with Crippen LogP contribution in [0.15, 0.2) is 203 Å². The lowest BCUT2D eigenvalue weighted by Gasteiger charge is -2.09. The van der Waals surface area contributed by atoms with Crippen LogP contribution in [0.4, 0.5) is 0 Å². The predicted octanol–water partition coefficient (Wildman–Crippen LogP) is 14.9. The van der Waals surface area contributed by atoms with Crippen LogP contribution in [-0.2, 0) is 0 Å². The fourth-order valence-electron chi connectivity index (χ4n) is 6.70. The van der Waals surface area contributed by atoms with Gasteiger partial charge in [0.1, 0.15) is 34.3 Å². The molecule has 3 aromatic heterocycles. The highest BCUT2D eigenvalue weighted by molar-refractivity contribution is 6.10. The first-order chi connectivity index (χ1) is 40.0. The highest BCUT2D eigenvalue weighted by atomic mass is 16.3. The number of benzene rings is 9. The first-order valence-electron chi connectivity index (χ1n) is 30.8. The molecule has 9 aromatic carbocycles. The monoisotopic (exact) mass is 767 g/mol. The van der Waals surface area contributed by atoms with Crippen LogP contribution in [0, 0.1) is 0 Å². The van der Waals surface area contributed by atoms with Crippen molar-refractivity contribution >= 4 is 65.6 Å². The molecule has 0 amide bonds. The summed E-state index contributed by atoms with van der Waals surface area (Å²) in [6.07, 6.45) is 1.02. The number of hydrogen-bond acceptors (Lipinski definition) is 4. The molecule has 58 heavy (non-hydrogen) atoms. The SMILES string of the molecule is [2H]c1cc([2H])c(-c2c([2H])c([2H])c([2H])c3c2oc2c([2H])c([2H])c([2H])c([2H])c23)c([2H])c1-c1c([2H])c([2H])c([2H])c(-c2ncnc3c2oc2ccc(-c4c([2H])c([2H])c5c([2H])c(-c6c([2H])c([2H])c7c([2H])c([2H])c([2H])c([2H])c7c6[2H])c([2H])c([2H])c5c4[2H])cc23)c1[2H]. The number of fused-ring (bicyclic) bond motifs is 8. The Kier molecular flexibility index (Phi) is 3.46. The molecule has 0 spiro atoms. The molecule has 0 aliphatic heterocycles. The minimum Gasteiger partial charge on any atom is -0.455 e. The summed E-state index contributed by atoms with van der Waals surface area (Å²) in [6, 6.07) is -14.5. The van der Waals surface area contributed by atoms with Crippen molar-refractivity contribution in [1.82, 2.24) is 9.97 Å². The molecule has 0 radical (unpaired) electrons. The number of rotatable bonds is 5. The predicted molar refractivity (Wildman–Crippen MR) is 239 cm³/mol. The van der Waals surface area contributed by atoms with Gasteiger partial charge in [0.25, 0.3) is 0 Å². The summed E-state index contributed by atoms with van der Waals surface area (Å²) in [6.45, 7) is 0. The Hall–Kier alpha value is -7.82. The van der Waals surface area contributed by atoms with Crippen LogP contribution >= 0.6 is 0 Å². The third-order valence-electron chi connectivity index (χ3n) is 9.40. The zero-order valence-electron chi connectivity index (χ0n) is 56.1. The molecular formula is C54H32N2O2. The van der Waals surface area contributed by atoms with Crippen LogP contribution in [0.3, 0.4) is 0 Å². The first-order valence-corrected chi connectivity index (χ1v) is 17.3. The average molecular weight is 768 g/mol. The van der Waals surface area contributed by atoms with E-state index in [1.54, 1.807) is 0 Å². The fraction of sp³-hybridized carbons (Fsp3) is 0. The number of aromatic nitrogens is 2. The van der Waals surface area contributed by atoms with Gasteiger partial charge in [0.05, 0.1) is 37.0 Å². The van der Waals surface area contributed by atoms with Crippen molar-refractivity contribution in [2.45, 2.75) is 0 Å². The number of furan rings is 2. The number of para-hydroxylation sites is 2. The van der Waals surface area contributed by atoms with E-state index >= 15 is 0 Å². The summed E-state index contributed by atoms with van der Waals surface area (Å²) in [5, 5.41) is -2.37. The second-order valence-corrected chi connectivity index (χ2v) is 12.8. The van der Waals surface area contributed by atoms with Gasteiger partial charge < -0.3 is 8.83 Å². The largest absolute Gasteiger partial charge is 0.455 e. The van der Waals surface area contributed by atoms with Crippen molar-refractivity contribution in [3.05, 3.63) is 194 Å². The smallest absolute Gasteiger partial charge is 0.180 e. The Morgan fingerprint density at radius 3 is 1.88 bits per heavy atom. The van der Waals surface area contributed by atoms with Gasteiger partial charge in [-0.2, -0.15) is 0 Å². The zero-order chi connectivity index (χ0) is 61.7. The molecule has 12 rings (SSSR count). The Morgan fingerprint density at radius 1 is 0.397 bits per heavy atom. The Labute approximate surface area is 371 Å². The Morgan fingerprint density at radius 2 is 1.02 bits per heavy atom. The van der Waals surface area contributed by atoms with Crippen LogP contribution in [0.25, 0.3) is 121 Å². The molecular weight excluding hydrogens is 709 g/mol. The summed E-state index contributed by atoms with van der Waals surface area (Å²) in [5.74, 6) is 0. The standard InChI is InChI=1S/C54H32N2O2/c1-2-9-34-26-37(19-18-33(34)8-1)38-20-21-40-28-41(23-22-39(40)27-38)42-24-25-50-48(31-42)52-54(58-50)51(55-32-56-52)44-13-6-11-36(30-44)35-10-5-12-43(29-35)45-15-7-16-47-46-14-3-4-17-49(46)57-53(45)47/h1-32H/i1D,2D,3D,4D,6D,7D,8D,9D,10D,11D,12D,13D,14D,15D,16D,17D,18D,19D,20D,21D,22D,23D,26D,27D,28D,29D,30D. The normalized spacial score (nSPS) is 18.3. The average Bonchev–Trinajstić information content (AvgIpc) is 1.81. The van der Waals surface area contributed by atoms with Crippen LogP contribution < -0.4 is 0 Å². The van der Waals surface area contributed by atoms with Crippen molar-refractivity contribution in [1.29, 1.82) is 0 Å². The van der Waals surface area contributed by atoms with Crippen molar-refractivity contribution in [2.24, 2.45) is 0 Å². The van der Waals surface area contributed by atoms with E-state index < -0.39 is 235 Å². The van der Waals surface area contributed by atoms with Gasteiger partial charge in [-0.25, -0.2) is 9.97 Å². The molecule has 0 aliphatic carbocycles. The van der Waals surface area contributed by atoms with E-state index in [1.807, 2.05) is 0 Å². The van der Waals surface area contributed by atoms with Crippen molar-refractivity contribution in [2.75, 3.05) is 0 Å². The second kappa shape index (κ2) is 12.9. The molecule has 0 fully saturated rings. The van der Waals surface area contributed by atoms with E-state index in [1.165, 1.54) is 18.2 Å². The van der Waals surface area contributed by atoms with Crippen LogP contribution in [-0.4, -0.2) is 9.97 Å². The van der Waals surface area contributed by atoms with E-state index in [0.29, 0.717) is 0 Å². The second-order valence-electron chi connectivity index (χ2n) is 12.8. The third kappa shape index (κ3) is 5.31. The van der Waals surface area contributed by atoms with Gasteiger partial charge in [0, 0.05) is 27.3 Å². The molecule has 12 aromatic rings. The lowest BCUT2D eigenvalue weighted by atomic mass is 9.96. The van der Waals surface area contributed by atoms with Gasteiger partial charge in [-0.15, -0.1) is 0 Å². The molecule has 0 saturated heterocycles. The van der Waals surface area contributed by atoms with E-state index in [0.717, 1.165) is 12.4 Å². The summed E-state index contributed by atoms with van der Waals surface area (Å²) in [7, 11) is 0. The maximum Gasteiger partial charge on any atom is 0.180 e. The summed E-state index contributed by atoms with van der Waals surface area (Å²) >= 11 is 0. The van der Waals surface area contributed by atoms with Gasteiger partial charge in [-0.05, 0) is 109 Å². The minimum atomic E-state index is -0.826. The topological polar surface area (TPSA) is 52.1 Å². The van der Waals surface area contributed by atoms with Crippen molar-refractivity contribution in [3.63, 3.8) is 0 Å². The van der Waals surface area contributed by atoms with Crippen LogP contribution in [0.2, 0.25) is 0 Å². The quantitative estimate of drug-likeness (QED) is 0.175. The fourth-order valence-corrected chi connectivity index (χ4v) is 6.70. The van der Waals surface area contributed by atoms with Crippen LogP contribution in [0.5, 0.6) is 0 Å². The summed E-state index contributed by atoms with van der Waals surface area (Å²) < 4.78 is 252. The lowest BCUT2D eigenvalue weighted by Crippen LogP contribution is -1.88. The van der Waals surface area contributed by atoms with E-state index in [9.17, 15) is 9.60 Å². The molecule has 0 N–H and O–H groups in total. The van der Waals surface area contributed by atoms with E-state index in [2.05, 4.69) is 9.97 Å². The number of hydrogen-bond donors (Lipinski definition) is 0. The molecule has 4 nitrogen and oxygen atoms in total. The Balaban J connectivity index is 1.03. The highest BCUT2D eigenvalue weighted by Gasteiger charge is 2.17. The first kappa shape index (κ1) is 15.6. The van der Waals surface area contributed by atoms with E-state index in [-0.39, 0.29) is 49.7 Å². The van der Waals surface area contributed by atoms with Crippen molar-refractivity contribution < 1.29 is 45.8 Å². The van der Waals surface area contributed by atoms with Crippen LogP contribution in [0.1, 0.15) is 37.0 Å². The lowest BCUT2D eigenvalue weighted by molar-refractivity contribution is 0.667. The maximum atomic E-state index is 9.63. The van der Waals surface area contributed by atoms with Gasteiger partial charge in [-0.3, -0.25) is 0 Å². The molecule has 0 atom stereocenters. The van der Waals surface area contributed by atoms with Gasteiger partial charge >= 0.3 is 0 Å². The van der Waals surface area contributed by atoms with Gasteiger partial charge in [0.2, 0.25) is 0 Å². The minimum absolute atomic E-state index is 0.0143. The van der Waals surface area contributed by atoms with Gasteiger partial charge in [0.15, 0.2) is 5.58 Å².